The zero-order valence-corrected chi connectivity index (χ0v) is 10.4. The molecule has 1 aliphatic rings. The number of hydrogen-bond donors (Lipinski definition) is 2. The van der Waals surface area contributed by atoms with Crippen molar-refractivity contribution in [3.63, 3.8) is 0 Å². The van der Waals surface area contributed by atoms with Gasteiger partial charge in [-0.3, -0.25) is 10.1 Å². The van der Waals surface area contributed by atoms with E-state index in [2.05, 4.69) is 5.32 Å². The molecule has 1 aromatic rings. The van der Waals surface area contributed by atoms with Gasteiger partial charge in [0.05, 0.1) is 16.6 Å². The molecule has 1 aromatic carbocycles. The Morgan fingerprint density at radius 2 is 2.05 bits per heavy atom. The van der Waals surface area contributed by atoms with E-state index in [1.807, 2.05) is 0 Å². The molecule has 0 bridgehead atoms. The number of aliphatic hydroxyl groups is 1. The molecule has 0 unspecified atom stereocenters. The second-order valence-corrected chi connectivity index (χ2v) is 4.86. The van der Waals surface area contributed by atoms with Crippen molar-refractivity contribution in [1.82, 2.24) is 0 Å². The third-order valence-electron chi connectivity index (χ3n) is 3.31. The van der Waals surface area contributed by atoms with Gasteiger partial charge in [-0.05, 0) is 30.9 Å². The summed E-state index contributed by atoms with van der Waals surface area (Å²) in [5.74, 6) is 0.187. The van der Waals surface area contributed by atoms with Gasteiger partial charge in [-0.25, -0.2) is 0 Å². The maximum atomic E-state index is 12.5. The third kappa shape index (κ3) is 3.19. The molecule has 20 heavy (non-hydrogen) atoms. The van der Waals surface area contributed by atoms with Crippen molar-refractivity contribution < 1.29 is 23.2 Å². The molecular weight excluding hydrogens is 277 g/mol. The summed E-state index contributed by atoms with van der Waals surface area (Å²) in [4.78, 5) is 10.00. The number of nitro groups is 1. The zero-order valence-electron chi connectivity index (χ0n) is 10.4. The van der Waals surface area contributed by atoms with Gasteiger partial charge in [0.2, 0.25) is 0 Å². The lowest BCUT2D eigenvalue weighted by atomic mass is 9.82. The van der Waals surface area contributed by atoms with Crippen LogP contribution in [0.15, 0.2) is 18.2 Å². The Bertz CT molecular complexity index is 513. The number of benzene rings is 1. The second kappa shape index (κ2) is 5.28. The van der Waals surface area contributed by atoms with E-state index in [9.17, 15) is 23.3 Å². The van der Waals surface area contributed by atoms with E-state index >= 15 is 0 Å². The van der Waals surface area contributed by atoms with Gasteiger partial charge in [-0.1, -0.05) is 0 Å². The molecule has 0 radical (unpaired) electrons. The quantitative estimate of drug-likeness (QED) is 0.660. The third-order valence-corrected chi connectivity index (χ3v) is 3.31. The predicted octanol–water partition coefficient (Wildman–Crippen LogP) is 2.80. The largest absolute Gasteiger partial charge is 0.416 e. The van der Waals surface area contributed by atoms with E-state index in [1.165, 1.54) is 0 Å². The van der Waals surface area contributed by atoms with Crippen molar-refractivity contribution in [3.8, 4) is 0 Å². The Labute approximate surface area is 112 Å². The van der Waals surface area contributed by atoms with Crippen molar-refractivity contribution in [3.05, 3.63) is 33.9 Å². The molecule has 0 amide bonds. The highest BCUT2D eigenvalue weighted by molar-refractivity contribution is 5.63. The Balaban J connectivity index is 2.13. The molecular formula is C12H13F3N2O3. The summed E-state index contributed by atoms with van der Waals surface area (Å²) in [5, 5.41) is 22.7. The van der Waals surface area contributed by atoms with Crippen LogP contribution >= 0.6 is 0 Å². The fourth-order valence-electron chi connectivity index (χ4n) is 2.13. The molecule has 1 saturated carbocycles. The first kappa shape index (κ1) is 14.6. The molecule has 1 aliphatic carbocycles. The minimum atomic E-state index is -4.61. The first-order valence-electron chi connectivity index (χ1n) is 6.05. The number of nitrogens with zero attached hydrogens (tertiary/aromatic N) is 1. The molecule has 0 heterocycles. The van der Waals surface area contributed by atoms with Crippen LogP contribution in [-0.2, 0) is 6.18 Å². The van der Waals surface area contributed by atoms with E-state index < -0.39 is 22.4 Å². The fraction of sp³-hybridized carbons (Fsp3) is 0.500. The van der Waals surface area contributed by atoms with Crippen molar-refractivity contribution >= 4 is 11.4 Å². The summed E-state index contributed by atoms with van der Waals surface area (Å²) in [5.41, 5.74) is -1.59. The van der Waals surface area contributed by atoms with E-state index in [4.69, 9.17) is 5.11 Å². The minimum absolute atomic E-state index is 0.0596. The second-order valence-electron chi connectivity index (χ2n) is 4.86. The van der Waals surface area contributed by atoms with Crippen LogP contribution in [-0.4, -0.2) is 22.7 Å². The number of alkyl halides is 3. The summed E-state index contributed by atoms with van der Waals surface area (Å²) in [6.45, 7) is 0.392. The number of nitro benzene ring substituents is 1. The lowest BCUT2D eigenvalue weighted by molar-refractivity contribution is -0.384. The fourth-order valence-corrected chi connectivity index (χ4v) is 2.13. The molecule has 0 aliphatic heterocycles. The summed E-state index contributed by atoms with van der Waals surface area (Å²) in [7, 11) is 0. The van der Waals surface area contributed by atoms with E-state index in [1.54, 1.807) is 0 Å². The number of hydrogen-bond acceptors (Lipinski definition) is 4. The standard InChI is InChI=1S/C12H13F3N2O3/c13-12(14,15)8-1-2-10(11(5-8)17(19)20)16-6-7-3-9(18)4-7/h1-2,5,7,9,16,18H,3-4,6H2. The molecule has 2 rings (SSSR count). The molecule has 0 spiro atoms. The van der Waals surface area contributed by atoms with Crippen LogP contribution in [0.2, 0.25) is 0 Å². The molecule has 5 nitrogen and oxygen atoms in total. The van der Waals surface area contributed by atoms with Gasteiger partial charge >= 0.3 is 6.18 Å². The van der Waals surface area contributed by atoms with Crippen LogP contribution in [0.1, 0.15) is 18.4 Å². The van der Waals surface area contributed by atoms with Gasteiger partial charge < -0.3 is 10.4 Å². The molecule has 0 saturated heterocycles. The number of nitrogens with one attached hydrogen (secondary N) is 1. The average Bonchev–Trinajstić information content (AvgIpc) is 2.31. The van der Waals surface area contributed by atoms with Gasteiger partial charge in [-0.2, -0.15) is 13.2 Å². The van der Waals surface area contributed by atoms with Crippen LogP contribution in [0.4, 0.5) is 24.5 Å². The predicted molar refractivity (Wildman–Crippen MR) is 65.3 cm³/mol. The van der Waals surface area contributed by atoms with Crippen molar-refractivity contribution in [1.29, 1.82) is 0 Å². The molecule has 110 valence electrons. The van der Waals surface area contributed by atoms with Gasteiger partial charge in [-0.15, -0.1) is 0 Å². The number of halogens is 3. The van der Waals surface area contributed by atoms with Gasteiger partial charge in [0.15, 0.2) is 0 Å². The normalized spacial score (nSPS) is 22.2. The topological polar surface area (TPSA) is 75.4 Å². The highest BCUT2D eigenvalue weighted by Gasteiger charge is 2.33. The lowest BCUT2D eigenvalue weighted by Crippen LogP contribution is -2.33. The van der Waals surface area contributed by atoms with Crippen LogP contribution < -0.4 is 5.32 Å². The minimum Gasteiger partial charge on any atom is -0.393 e. The zero-order chi connectivity index (χ0) is 14.9. The summed E-state index contributed by atoms with van der Waals surface area (Å²) in [6.07, 6.45) is -3.76. The van der Waals surface area contributed by atoms with Crippen LogP contribution in [0, 0.1) is 16.0 Å². The van der Waals surface area contributed by atoms with Crippen LogP contribution in [0.5, 0.6) is 0 Å². The smallest absolute Gasteiger partial charge is 0.393 e. The van der Waals surface area contributed by atoms with Gasteiger partial charge in [0.1, 0.15) is 5.69 Å². The molecule has 8 heteroatoms. The monoisotopic (exact) mass is 290 g/mol. The first-order chi connectivity index (χ1) is 9.27. The molecule has 0 atom stereocenters. The summed E-state index contributed by atoms with van der Waals surface area (Å²) < 4.78 is 37.5. The van der Waals surface area contributed by atoms with Gasteiger partial charge in [0, 0.05) is 12.6 Å². The van der Waals surface area contributed by atoms with Crippen molar-refractivity contribution in [2.45, 2.75) is 25.1 Å². The van der Waals surface area contributed by atoms with Gasteiger partial charge in [0.25, 0.3) is 5.69 Å². The maximum absolute atomic E-state index is 12.5. The summed E-state index contributed by atoms with van der Waals surface area (Å²) >= 11 is 0. The maximum Gasteiger partial charge on any atom is 0.416 e. The van der Waals surface area contributed by atoms with Crippen molar-refractivity contribution in [2.75, 3.05) is 11.9 Å². The Hall–Kier alpha value is -1.83. The molecule has 2 N–H and O–H groups in total. The molecule has 1 fully saturated rings. The van der Waals surface area contributed by atoms with E-state index in [0.717, 1.165) is 12.1 Å². The summed E-state index contributed by atoms with van der Waals surface area (Å²) in [6, 6.07) is 2.40. The number of aliphatic hydroxyl groups excluding tert-OH is 1. The first-order valence-corrected chi connectivity index (χ1v) is 6.05. The Morgan fingerprint density at radius 3 is 2.55 bits per heavy atom. The Kier molecular flexibility index (Phi) is 3.85. The SMILES string of the molecule is O=[N+]([O-])c1cc(C(F)(F)F)ccc1NCC1CC(O)C1. The lowest BCUT2D eigenvalue weighted by Gasteiger charge is -2.31. The number of anilines is 1. The van der Waals surface area contributed by atoms with E-state index in [0.29, 0.717) is 25.5 Å². The van der Waals surface area contributed by atoms with Crippen LogP contribution in [0.3, 0.4) is 0 Å². The Morgan fingerprint density at radius 1 is 1.40 bits per heavy atom. The number of rotatable bonds is 4. The highest BCUT2D eigenvalue weighted by atomic mass is 19.4. The van der Waals surface area contributed by atoms with Crippen LogP contribution in [0.25, 0.3) is 0 Å². The average molecular weight is 290 g/mol. The highest BCUT2D eigenvalue weighted by Crippen LogP contribution is 2.35. The van der Waals surface area contributed by atoms with Crippen molar-refractivity contribution in [2.24, 2.45) is 5.92 Å². The van der Waals surface area contributed by atoms with E-state index in [-0.39, 0.29) is 17.7 Å². The molecule has 0 aromatic heterocycles.